The largest absolute Gasteiger partial charge is 0.337 e. The standard InChI is InChI=1S/C22H20FN5O2/c1-14-4-2-3-5-17(14)18-12-19-22(29)27(10-11-28(19)25-18)13-20-24-21(26-30-20)15-6-8-16(23)9-7-15/h2-11,18-19,25H,12-13H2,1H3. The Bertz CT molecular complexity index is 1110. The summed E-state index contributed by atoms with van der Waals surface area (Å²) in [5, 5.41) is 5.81. The maximum absolute atomic E-state index is 13.1. The molecular formula is C22H20FN5O2. The molecule has 0 spiro atoms. The van der Waals surface area contributed by atoms with E-state index in [1.54, 1.807) is 23.2 Å². The summed E-state index contributed by atoms with van der Waals surface area (Å²) in [5.74, 6) is 0.331. The Hall–Kier alpha value is -3.52. The predicted molar refractivity (Wildman–Crippen MR) is 107 cm³/mol. The average molecular weight is 405 g/mol. The van der Waals surface area contributed by atoms with E-state index in [1.165, 1.54) is 23.3 Å². The van der Waals surface area contributed by atoms with E-state index in [0.717, 1.165) is 0 Å². The minimum absolute atomic E-state index is 0.0254. The number of hydrogen-bond donors (Lipinski definition) is 1. The molecule has 2 unspecified atom stereocenters. The molecule has 3 heterocycles. The van der Waals surface area contributed by atoms with Crippen molar-refractivity contribution in [3.8, 4) is 11.4 Å². The van der Waals surface area contributed by atoms with Crippen molar-refractivity contribution in [3.05, 3.63) is 83.8 Å². The molecule has 2 aromatic carbocycles. The molecule has 0 saturated carbocycles. The van der Waals surface area contributed by atoms with Gasteiger partial charge in [0.25, 0.3) is 5.91 Å². The number of hydrazine groups is 1. The molecule has 30 heavy (non-hydrogen) atoms. The zero-order chi connectivity index (χ0) is 20.7. The number of aromatic nitrogens is 2. The number of hydrogen-bond acceptors (Lipinski definition) is 6. The summed E-state index contributed by atoms with van der Waals surface area (Å²) in [5.41, 5.74) is 6.46. The Morgan fingerprint density at radius 1 is 1.17 bits per heavy atom. The van der Waals surface area contributed by atoms with E-state index in [9.17, 15) is 9.18 Å². The number of rotatable bonds is 4. The van der Waals surface area contributed by atoms with Crippen LogP contribution in [0.15, 0.2) is 65.5 Å². The minimum Gasteiger partial charge on any atom is -0.337 e. The monoisotopic (exact) mass is 405 g/mol. The molecule has 1 aromatic heterocycles. The molecule has 0 radical (unpaired) electrons. The molecule has 7 nitrogen and oxygen atoms in total. The lowest BCUT2D eigenvalue weighted by Gasteiger charge is -2.30. The summed E-state index contributed by atoms with van der Waals surface area (Å²) in [6.07, 6.45) is 4.25. The fourth-order valence-electron chi connectivity index (χ4n) is 3.93. The Labute approximate surface area is 172 Å². The van der Waals surface area contributed by atoms with Crippen molar-refractivity contribution in [2.45, 2.75) is 32.0 Å². The van der Waals surface area contributed by atoms with E-state index in [0.29, 0.717) is 23.7 Å². The van der Waals surface area contributed by atoms with Gasteiger partial charge in [-0.25, -0.2) is 9.82 Å². The van der Waals surface area contributed by atoms with Gasteiger partial charge in [0, 0.05) is 18.0 Å². The van der Waals surface area contributed by atoms with E-state index in [1.807, 2.05) is 23.3 Å². The number of fused-ring (bicyclic) bond motifs is 1. The smallest absolute Gasteiger partial charge is 0.251 e. The van der Waals surface area contributed by atoms with Crippen molar-refractivity contribution < 1.29 is 13.7 Å². The second kappa shape index (κ2) is 7.38. The van der Waals surface area contributed by atoms with Crippen LogP contribution in [0.5, 0.6) is 0 Å². The summed E-state index contributed by atoms with van der Waals surface area (Å²) in [4.78, 5) is 19.0. The van der Waals surface area contributed by atoms with Gasteiger partial charge < -0.3 is 14.4 Å². The van der Waals surface area contributed by atoms with Gasteiger partial charge in [-0.15, -0.1) is 0 Å². The third-order valence-electron chi connectivity index (χ3n) is 5.51. The normalized spacial score (nSPS) is 20.7. The topological polar surface area (TPSA) is 74.5 Å². The zero-order valence-corrected chi connectivity index (χ0v) is 16.3. The second-order valence-corrected chi connectivity index (χ2v) is 7.48. The number of benzene rings is 2. The van der Waals surface area contributed by atoms with Crippen LogP contribution in [0.3, 0.4) is 0 Å². The quantitative estimate of drug-likeness (QED) is 0.718. The Kier molecular flexibility index (Phi) is 4.55. The maximum Gasteiger partial charge on any atom is 0.251 e. The molecule has 1 saturated heterocycles. The molecule has 152 valence electrons. The highest BCUT2D eigenvalue weighted by Gasteiger charge is 2.40. The fraction of sp³-hybridized carbons (Fsp3) is 0.227. The Balaban J connectivity index is 1.29. The van der Waals surface area contributed by atoms with Crippen molar-refractivity contribution in [2.24, 2.45) is 0 Å². The second-order valence-electron chi connectivity index (χ2n) is 7.48. The number of carbonyl (C=O) groups is 1. The first-order valence-electron chi connectivity index (χ1n) is 9.76. The Morgan fingerprint density at radius 3 is 2.77 bits per heavy atom. The number of halogens is 1. The van der Waals surface area contributed by atoms with Gasteiger partial charge in [0.1, 0.15) is 18.4 Å². The molecule has 5 rings (SSSR count). The van der Waals surface area contributed by atoms with Gasteiger partial charge in [0.2, 0.25) is 11.7 Å². The summed E-state index contributed by atoms with van der Waals surface area (Å²) in [6, 6.07) is 13.8. The van der Waals surface area contributed by atoms with Crippen LogP contribution in [-0.4, -0.2) is 32.0 Å². The van der Waals surface area contributed by atoms with Crippen molar-refractivity contribution >= 4 is 5.91 Å². The molecular weight excluding hydrogens is 385 g/mol. The lowest BCUT2D eigenvalue weighted by molar-refractivity contribution is -0.135. The number of nitrogens with zero attached hydrogens (tertiary/aromatic N) is 4. The van der Waals surface area contributed by atoms with Crippen LogP contribution >= 0.6 is 0 Å². The molecule has 2 aliphatic heterocycles. The van der Waals surface area contributed by atoms with Gasteiger partial charge in [0.15, 0.2) is 0 Å². The molecule has 1 fully saturated rings. The van der Waals surface area contributed by atoms with E-state index in [-0.39, 0.29) is 30.4 Å². The van der Waals surface area contributed by atoms with Crippen molar-refractivity contribution in [1.82, 2.24) is 25.5 Å². The number of nitrogens with one attached hydrogen (secondary N) is 1. The lowest BCUT2D eigenvalue weighted by Crippen LogP contribution is -2.47. The SMILES string of the molecule is Cc1ccccc1C1CC2C(=O)N(Cc3nc(-c4ccc(F)cc4)no3)C=CN2N1. The van der Waals surface area contributed by atoms with E-state index >= 15 is 0 Å². The van der Waals surface area contributed by atoms with E-state index < -0.39 is 0 Å². The molecule has 0 aliphatic carbocycles. The highest BCUT2D eigenvalue weighted by molar-refractivity contribution is 5.84. The van der Waals surface area contributed by atoms with Gasteiger partial charge in [0.05, 0.1) is 6.04 Å². The third kappa shape index (κ3) is 3.35. The van der Waals surface area contributed by atoms with E-state index in [2.05, 4.69) is 34.6 Å². The number of carbonyl (C=O) groups excluding carboxylic acids is 1. The molecule has 2 aliphatic rings. The molecule has 8 heteroatoms. The third-order valence-corrected chi connectivity index (χ3v) is 5.51. The highest BCUT2D eigenvalue weighted by atomic mass is 19.1. The first-order chi connectivity index (χ1) is 14.6. The average Bonchev–Trinajstić information content (AvgIpc) is 3.39. The summed E-state index contributed by atoms with van der Waals surface area (Å²) >= 11 is 0. The van der Waals surface area contributed by atoms with Gasteiger partial charge >= 0.3 is 0 Å². The zero-order valence-electron chi connectivity index (χ0n) is 16.3. The number of aryl methyl sites for hydroxylation is 1. The fourth-order valence-corrected chi connectivity index (χ4v) is 3.93. The van der Waals surface area contributed by atoms with Crippen LogP contribution in [0.4, 0.5) is 4.39 Å². The van der Waals surface area contributed by atoms with Crippen molar-refractivity contribution in [1.29, 1.82) is 0 Å². The van der Waals surface area contributed by atoms with Crippen LogP contribution in [-0.2, 0) is 11.3 Å². The van der Waals surface area contributed by atoms with Crippen LogP contribution in [0.2, 0.25) is 0 Å². The molecule has 0 bridgehead atoms. The van der Waals surface area contributed by atoms with Gasteiger partial charge in [-0.1, -0.05) is 29.4 Å². The molecule has 2 atom stereocenters. The summed E-state index contributed by atoms with van der Waals surface area (Å²) < 4.78 is 18.4. The highest BCUT2D eigenvalue weighted by Crippen LogP contribution is 2.32. The van der Waals surface area contributed by atoms with Crippen LogP contribution in [0.1, 0.15) is 29.5 Å². The predicted octanol–water partition coefficient (Wildman–Crippen LogP) is 3.32. The first kappa shape index (κ1) is 18.5. The molecule has 1 N–H and O–H groups in total. The summed E-state index contributed by atoms with van der Waals surface area (Å²) in [6.45, 7) is 2.26. The van der Waals surface area contributed by atoms with Crippen LogP contribution in [0, 0.1) is 12.7 Å². The molecule has 3 aromatic rings. The van der Waals surface area contributed by atoms with Crippen LogP contribution in [0.25, 0.3) is 11.4 Å². The minimum atomic E-state index is -0.328. The number of amides is 1. The van der Waals surface area contributed by atoms with Crippen molar-refractivity contribution in [3.63, 3.8) is 0 Å². The van der Waals surface area contributed by atoms with Gasteiger partial charge in [-0.3, -0.25) is 4.79 Å². The Morgan fingerprint density at radius 2 is 1.97 bits per heavy atom. The van der Waals surface area contributed by atoms with Gasteiger partial charge in [-0.05, 0) is 48.7 Å². The van der Waals surface area contributed by atoms with Crippen molar-refractivity contribution in [2.75, 3.05) is 0 Å². The summed E-state index contributed by atoms with van der Waals surface area (Å²) in [7, 11) is 0. The lowest BCUT2D eigenvalue weighted by atomic mass is 9.97. The van der Waals surface area contributed by atoms with Gasteiger partial charge in [-0.2, -0.15) is 4.98 Å². The molecule has 1 amide bonds. The van der Waals surface area contributed by atoms with Crippen LogP contribution < -0.4 is 5.43 Å². The van der Waals surface area contributed by atoms with E-state index in [4.69, 9.17) is 4.52 Å². The first-order valence-corrected chi connectivity index (χ1v) is 9.76. The maximum atomic E-state index is 13.1.